The summed E-state index contributed by atoms with van der Waals surface area (Å²) in [5.41, 5.74) is 1.96. The van der Waals surface area contributed by atoms with Gasteiger partial charge < -0.3 is 24.8 Å². The molecule has 2 N–H and O–H groups in total. The maximum atomic E-state index is 13.9. The third-order valence-corrected chi connectivity index (χ3v) is 12.2. The highest BCUT2D eigenvalue weighted by Crippen LogP contribution is 2.45. The summed E-state index contributed by atoms with van der Waals surface area (Å²) in [6, 6.07) is 2.76. The summed E-state index contributed by atoms with van der Waals surface area (Å²) in [6.07, 6.45) is 10.0. The van der Waals surface area contributed by atoms with Crippen LogP contribution in [-0.4, -0.2) is 71.2 Å². The predicted molar refractivity (Wildman–Crippen MR) is 186 cm³/mol. The van der Waals surface area contributed by atoms with Gasteiger partial charge in [0.15, 0.2) is 0 Å². The Morgan fingerprint density at radius 1 is 1.02 bits per heavy atom. The van der Waals surface area contributed by atoms with Gasteiger partial charge in [-0.3, -0.25) is 4.79 Å². The number of hydrogen-bond donors (Lipinski definition) is 2. The summed E-state index contributed by atoms with van der Waals surface area (Å²) >= 11 is 1.81. The molecule has 1 saturated carbocycles. The Kier molecular flexibility index (Phi) is 10.6. The second-order valence-corrected chi connectivity index (χ2v) is 17.3. The number of aromatic amines is 1. The van der Waals surface area contributed by atoms with Crippen molar-refractivity contribution in [2.45, 2.75) is 136 Å². The van der Waals surface area contributed by atoms with E-state index in [1.54, 1.807) is 0 Å². The van der Waals surface area contributed by atoms with Crippen molar-refractivity contribution in [3.8, 4) is 0 Å². The number of nitrogens with one attached hydrogen (secondary N) is 2. The van der Waals surface area contributed by atoms with Crippen LogP contribution in [0, 0.1) is 17.8 Å². The van der Waals surface area contributed by atoms with E-state index in [-0.39, 0.29) is 12.0 Å². The van der Waals surface area contributed by atoms with Crippen LogP contribution in [0.15, 0.2) is 6.07 Å². The highest BCUT2D eigenvalue weighted by atomic mass is 32.1. The van der Waals surface area contributed by atoms with Crippen molar-refractivity contribution in [3.63, 3.8) is 0 Å². The van der Waals surface area contributed by atoms with Crippen molar-refractivity contribution in [1.82, 2.24) is 20.1 Å². The van der Waals surface area contributed by atoms with Crippen molar-refractivity contribution in [1.29, 1.82) is 0 Å². The Hall–Kier alpha value is -2.06. The molecule has 3 unspecified atom stereocenters. The average molecular weight is 641 g/mol. The topological polar surface area (TPSA) is 77.7 Å². The number of ether oxygens (including phenoxy) is 1. The minimum atomic E-state index is -0.525. The van der Waals surface area contributed by atoms with E-state index < -0.39 is 11.0 Å². The van der Waals surface area contributed by atoms with Gasteiger partial charge in [-0.1, -0.05) is 20.8 Å². The maximum absolute atomic E-state index is 13.9. The van der Waals surface area contributed by atoms with Gasteiger partial charge in [0.25, 0.3) is 0 Å². The largest absolute Gasteiger partial charge is 0.444 e. The molecule has 0 radical (unpaired) electrons. The van der Waals surface area contributed by atoms with Crippen LogP contribution in [0.5, 0.6) is 0 Å². The standard InChI is InChI=1S/C37H60N4O3S/c1-9-28-11-10-15-41(28)34(42)37(7,8)31-22-30-29(32(39-33(30)45-31)27-20-24(2)19-25(3)21-27)14-18-40-16-12-26(13-17-40)23-38-35(43)44-36(4,5)6/h22,24-28,39H,9-21,23H2,1-8H3,(H,38,43). The number of thiophene rings is 1. The SMILES string of the molecule is CCC1CCCN1C(=O)C(C)(C)c1cc2c(CCN3CCC(CNC(=O)OC(C)(C)C)CC3)c(C3CC(C)CC(C)C3)[nH]c2s1. The van der Waals surface area contributed by atoms with Gasteiger partial charge in [-0.15, -0.1) is 11.3 Å². The summed E-state index contributed by atoms with van der Waals surface area (Å²) in [5, 5.41) is 4.33. The van der Waals surface area contributed by atoms with Crippen LogP contribution >= 0.6 is 11.3 Å². The van der Waals surface area contributed by atoms with Crippen LogP contribution in [0.1, 0.15) is 129 Å². The molecule has 1 aliphatic carbocycles. The number of hydrogen-bond acceptors (Lipinski definition) is 5. The summed E-state index contributed by atoms with van der Waals surface area (Å²) in [7, 11) is 0. The molecule has 2 aromatic heterocycles. The second kappa shape index (κ2) is 14.0. The van der Waals surface area contributed by atoms with E-state index in [0.717, 1.165) is 76.5 Å². The number of aromatic nitrogens is 1. The highest BCUT2D eigenvalue weighted by Gasteiger charge is 2.40. The van der Waals surface area contributed by atoms with Crippen LogP contribution < -0.4 is 5.32 Å². The van der Waals surface area contributed by atoms with Gasteiger partial charge in [-0.05, 0) is 141 Å². The first-order chi connectivity index (χ1) is 21.2. The molecule has 0 bridgehead atoms. The number of carbonyl (C=O) groups excluding carboxylic acids is 2. The Balaban J connectivity index is 1.29. The lowest BCUT2D eigenvalue weighted by Crippen LogP contribution is -2.45. The Labute approximate surface area is 276 Å². The molecule has 3 aliphatic rings. The zero-order valence-electron chi connectivity index (χ0n) is 29.4. The number of piperidine rings is 1. The molecule has 45 heavy (non-hydrogen) atoms. The van der Waals surface area contributed by atoms with E-state index in [4.69, 9.17) is 4.74 Å². The molecule has 0 aromatic carbocycles. The molecule has 3 fully saturated rings. The number of alkyl carbamates (subject to hydrolysis) is 1. The molecule has 4 heterocycles. The van der Waals surface area contributed by atoms with E-state index in [1.165, 1.54) is 45.6 Å². The lowest BCUT2D eigenvalue weighted by atomic mass is 9.74. The fourth-order valence-corrected chi connectivity index (χ4v) is 9.57. The smallest absolute Gasteiger partial charge is 0.407 e. The summed E-state index contributed by atoms with van der Waals surface area (Å²) in [6.45, 7) is 21.8. The minimum absolute atomic E-state index is 0.288. The van der Waals surface area contributed by atoms with Crippen molar-refractivity contribution in [3.05, 3.63) is 22.2 Å². The molecule has 5 rings (SSSR count). The predicted octanol–water partition coefficient (Wildman–Crippen LogP) is 8.23. The summed E-state index contributed by atoms with van der Waals surface area (Å²) < 4.78 is 5.43. The normalized spacial score (nSPS) is 25.6. The van der Waals surface area contributed by atoms with E-state index in [2.05, 4.69) is 60.8 Å². The van der Waals surface area contributed by atoms with Crippen molar-refractivity contribution < 1.29 is 14.3 Å². The number of fused-ring (bicyclic) bond motifs is 1. The number of rotatable bonds is 9. The van der Waals surface area contributed by atoms with Crippen molar-refractivity contribution in [2.75, 3.05) is 32.7 Å². The first-order valence-electron chi connectivity index (χ1n) is 17.9. The zero-order chi connectivity index (χ0) is 32.5. The zero-order valence-corrected chi connectivity index (χ0v) is 30.2. The first kappa shape index (κ1) is 34.3. The van der Waals surface area contributed by atoms with Gasteiger partial charge in [-0.2, -0.15) is 0 Å². The van der Waals surface area contributed by atoms with Crippen LogP contribution in [0.3, 0.4) is 0 Å². The lowest BCUT2D eigenvalue weighted by Gasteiger charge is -2.33. The van der Waals surface area contributed by atoms with Crippen LogP contribution in [-0.2, 0) is 21.4 Å². The van der Waals surface area contributed by atoms with Gasteiger partial charge in [-0.25, -0.2) is 4.79 Å². The van der Waals surface area contributed by atoms with Gasteiger partial charge in [0, 0.05) is 41.6 Å². The maximum Gasteiger partial charge on any atom is 0.407 e. The van der Waals surface area contributed by atoms with Crippen LogP contribution in [0.4, 0.5) is 4.79 Å². The monoisotopic (exact) mass is 640 g/mol. The summed E-state index contributed by atoms with van der Waals surface area (Å²) in [4.78, 5) is 37.2. The molecule has 0 spiro atoms. The molecule has 3 atom stereocenters. The fourth-order valence-electron chi connectivity index (χ4n) is 8.38. The van der Waals surface area contributed by atoms with Gasteiger partial charge in [0.1, 0.15) is 10.4 Å². The van der Waals surface area contributed by atoms with E-state index in [1.807, 2.05) is 32.1 Å². The number of nitrogens with zero attached hydrogens (tertiary/aromatic N) is 2. The number of likely N-dealkylation sites (tertiary alicyclic amines) is 2. The van der Waals surface area contributed by atoms with E-state index >= 15 is 0 Å². The molecule has 2 saturated heterocycles. The fraction of sp³-hybridized carbons (Fsp3) is 0.784. The third-order valence-electron chi connectivity index (χ3n) is 10.8. The molecule has 8 heteroatoms. The molecular weight excluding hydrogens is 580 g/mol. The van der Waals surface area contributed by atoms with Gasteiger partial charge >= 0.3 is 6.09 Å². The quantitative estimate of drug-likeness (QED) is 0.290. The first-order valence-corrected chi connectivity index (χ1v) is 18.7. The van der Waals surface area contributed by atoms with Gasteiger partial charge in [0.05, 0.1) is 5.41 Å². The number of amides is 2. The van der Waals surface area contributed by atoms with Crippen molar-refractivity contribution in [2.24, 2.45) is 17.8 Å². The molecule has 252 valence electrons. The van der Waals surface area contributed by atoms with E-state index in [0.29, 0.717) is 24.4 Å². The van der Waals surface area contributed by atoms with Crippen molar-refractivity contribution >= 4 is 33.6 Å². The van der Waals surface area contributed by atoms with E-state index in [9.17, 15) is 9.59 Å². The lowest BCUT2D eigenvalue weighted by molar-refractivity contribution is -0.137. The molecule has 2 aromatic rings. The second-order valence-electron chi connectivity index (χ2n) is 16.2. The average Bonchev–Trinajstić information content (AvgIpc) is 3.69. The summed E-state index contributed by atoms with van der Waals surface area (Å²) in [5.74, 6) is 2.86. The highest BCUT2D eigenvalue weighted by molar-refractivity contribution is 7.19. The van der Waals surface area contributed by atoms with Gasteiger partial charge in [0.2, 0.25) is 5.91 Å². The Morgan fingerprint density at radius 2 is 1.71 bits per heavy atom. The van der Waals surface area contributed by atoms with Crippen LogP contribution in [0.2, 0.25) is 0 Å². The molecule has 2 amide bonds. The van der Waals surface area contributed by atoms with Crippen LogP contribution in [0.25, 0.3) is 10.2 Å². The molecule has 7 nitrogen and oxygen atoms in total. The Bertz CT molecular complexity index is 1300. The number of carbonyl (C=O) groups is 2. The molecular formula is C37H60N4O3S. The third kappa shape index (κ3) is 8.09. The minimum Gasteiger partial charge on any atom is -0.444 e. The molecule has 2 aliphatic heterocycles. The number of H-pyrrole nitrogens is 1. The Morgan fingerprint density at radius 3 is 2.36 bits per heavy atom.